The lowest BCUT2D eigenvalue weighted by molar-refractivity contribution is -0.384. The van der Waals surface area contributed by atoms with Gasteiger partial charge in [0.1, 0.15) is 0 Å². The van der Waals surface area contributed by atoms with E-state index in [-0.39, 0.29) is 5.69 Å². The number of hydrogen-bond donors (Lipinski definition) is 0. The molecular weight excluding hydrogens is 226 g/mol. The Morgan fingerprint density at radius 3 is 2.31 bits per heavy atom. The summed E-state index contributed by atoms with van der Waals surface area (Å²) < 4.78 is 0. The molecule has 2 aromatic rings. The van der Waals surface area contributed by atoms with Gasteiger partial charge in [-0.15, -0.1) is 0 Å². The summed E-state index contributed by atoms with van der Waals surface area (Å²) in [5.74, 6) is 0. The van der Waals surface area contributed by atoms with Crippen molar-refractivity contribution in [3.05, 3.63) is 52.8 Å². The normalized spacial score (nSPS) is 10.0. The lowest BCUT2D eigenvalue weighted by Crippen LogP contribution is -1.87. The maximum Gasteiger partial charge on any atom is 0.269 e. The molecule has 0 fully saturated rings. The van der Waals surface area contributed by atoms with Crippen molar-refractivity contribution in [1.29, 1.82) is 0 Å². The van der Waals surface area contributed by atoms with Crippen molar-refractivity contribution in [3.63, 3.8) is 0 Å². The number of nitrogens with zero attached hydrogens (tertiary/aromatic N) is 3. The quantitative estimate of drug-likeness (QED) is 0.463. The van der Waals surface area contributed by atoms with E-state index in [1.54, 1.807) is 30.6 Å². The fourth-order valence-electron chi connectivity index (χ4n) is 1.08. The summed E-state index contributed by atoms with van der Waals surface area (Å²) in [5.41, 5.74) is 0.0818. The van der Waals surface area contributed by atoms with Crippen molar-refractivity contribution >= 4 is 17.4 Å². The molecule has 1 heterocycles. The van der Waals surface area contributed by atoms with Gasteiger partial charge in [-0.25, -0.2) is 9.97 Å². The van der Waals surface area contributed by atoms with Gasteiger partial charge in [-0.2, -0.15) is 0 Å². The summed E-state index contributed by atoms with van der Waals surface area (Å²) in [6.07, 6.45) is 3.31. The molecule has 0 spiro atoms. The van der Waals surface area contributed by atoms with Crippen LogP contribution in [-0.2, 0) is 0 Å². The minimum Gasteiger partial charge on any atom is -0.258 e. The van der Waals surface area contributed by atoms with Gasteiger partial charge in [0.15, 0.2) is 5.16 Å². The van der Waals surface area contributed by atoms with E-state index in [9.17, 15) is 10.1 Å². The van der Waals surface area contributed by atoms with E-state index < -0.39 is 4.92 Å². The second-order valence-corrected chi connectivity index (χ2v) is 3.93. The third-order valence-electron chi connectivity index (χ3n) is 1.80. The first-order valence-electron chi connectivity index (χ1n) is 4.45. The summed E-state index contributed by atoms with van der Waals surface area (Å²) >= 11 is 1.36. The molecule has 0 amide bonds. The molecule has 80 valence electrons. The van der Waals surface area contributed by atoms with Crippen molar-refractivity contribution in [2.45, 2.75) is 10.1 Å². The van der Waals surface area contributed by atoms with Crippen LogP contribution in [0.1, 0.15) is 0 Å². The number of nitro groups is 1. The highest BCUT2D eigenvalue weighted by atomic mass is 32.2. The Labute approximate surface area is 95.7 Å². The Kier molecular flexibility index (Phi) is 3.11. The van der Waals surface area contributed by atoms with E-state index in [1.165, 1.54) is 23.9 Å². The number of non-ortho nitro benzene ring substituents is 1. The molecule has 0 N–H and O–H groups in total. The zero-order valence-electron chi connectivity index (χ0n) is 8.11. The lowest BCUT2D eigenvalue weighted by Gasteiger charge is -1.98. The molecule has 6 heteroatoms. The fourth-order valence-corrected chi connectivity index (χ4v) is 1.79. The van der Waals surface area contributed by atoms with Gasteiger partial charge in [0.2, 0.25) is 0 Å². The standard InChI is InChI=1S/C10H7N3O2S/c14-13(15)8-2-4-9(5-3-8)16-10-11-6-1-7-12-10/h1-7H. The van der Waals surface area contributed by atoms with Crippen molar-refractivity contribution in [3.8, 4) is 0 Å². The summed E-state index contributed by atoms with van der Waals surface area (Å²) in [5, 5.41) is 11.1. The zero-order valence-corrected chi connectivity index (χ0v) is 8.92. The molecule has 0 bridgehead atoms. The number of nitro benzene ring substituents is 1. The summed E-state index contributed by atoms with van der Waals surface area (Å²) in [6, 6.07) is 8.02. The van der Waals surface area contributed by atoms with Crippen LogP contribution >= 0.6 is 11.8 Å². The lowest BCUT2D eigenvalue weighted by atomic mass is 10.3. The van der Waals surface area contributed by atoms with Crippen molar-refractivity contribution in [1.82, 2.24) is 9.97 Å². The maximum absolute atomic E-state index is 10.4. The predicted molar refractivity (Wildman–Crippen MR) is 59.3 cm³/mol. The van der Waals surface area contributed by atoms with Gasteiger partial charge in [0, 0.05) is 29.4 Å². The SMILES string of the molecule is O=[N+]([O-])c1ccc(Sc2ncccn2)cc1. The second-order valence-electron chi connectivity index (χ2n) is 2.88. The molecule has 0 saturated heterocycles. The molecular formula is C10H7N3O2S. The van der Waals surface area contributed by atoms with Gasteiger partial charge < -0.3 is 0 Å². The summed E-state index contributed by atoms with van der Waals surface area (Å²) in [6.45, 7) is 0. The molecule has 0 aliphatic carbocycles. The van der Waals surface area contributed by atoms with Gasteiger partial charge in [-0.05, 0) is 30.0 Å². The summed E-state index contributed by atoms with van der Waals surface area (Å²) in [7, 11) is 0. The predicted octanol–water partition coefficient (Wildman–Crippen LogP) is 2.54. The Morgan fingerprint density at radius 2 is 1.75 bits per heavy atom. The molecule has 2 rings (SSSR count). The van der Waals surface area contributed by atoms with Crippen molar-refractivity contribution < 1.29 is 4.92 Å². The molecule has 0 saturated carbocycles. The number of aromatic nitrogens is 2. The molecule has 1 aromatic heterocycles. The van der Waals surface area contributed by atoms with Crippen LogP contribution in [0.5, 0.6) is 0 Å². The highest BCUT2D eigenvalue weighted by molar-refractivity contribution is 7.99. The average molecular weight is 233 g/mol. The molecule has 0 aliphatic rings. The Bertz CT molecular complexity index is 487. The Balaban J connectivity index is 2.14. The highest BCUT2D eigenvalue weighted by Crippen LogP contribution is 2.25. The molecule has 0 unspecified atom stereocenters. The average Bonchev–Trinajstić information content (AvgIpc) is 2.31. The van der Waals surface area contributed by atoms with Gasteiger partial charge >= 0.3 is 0 Å². The van der Waals surface area contributed by atoms with Crippen LogP contribution in [0.4, 0.5) is 5.69 Å². The first kappa shape index (κ1) is 10.6. The molecule has 16 heavy (non-hydrogen) atoms. The fraction of sp³-hybridized carbons (Fsp3) is 0. The van der Waals surface area contributed by atoms with Crippen LogP contribution in [-0.4, -0.2) is 14.9 Å². The molecule has 0 radical (unpaired) electrons. The van der Waals surface area contributed by atoms with E-state index in [0.29, 0.717) is 5.16 Å². The van der Waals surface area contributed by atoms with Crippen LogP contribution in [0.3, 0.4) is 0 Å². The Hall–Kier alpha value is -1.95. The van der Waals surface area contributed by atoms with Crippen LogP contribution in [0.15, 0.2) is 52.8 Å². The second kappa shape index (κ2) is 4.71. The van der Waals surface area contributed by atoms with E-state index in [0.717, 1.165) is 4.90 Å². The van der Waals surface area contributed by atoms with E-state index in [2.05, 4.69) is 9.97 Å². The number of rotatable bonds is 3. The molecule has 5 nitrogen and oxygen atoms in total. The van der Waals surface area contributed by atoms with Gasteiger partial charge in [0.25, 0.3) is 5.69 Å². The highest BCUT2D eigenvalue weighted by Gasteiger charge is 2.05. The van der Waals surface area contributed by atoms with Gasteiger partial charge in [-0.1, -0.05) is 0 Å². The number of hydrogen-bond acceptors (Lipinski definition) is 5. The van der Waals surface area contributed by atoms with E-state index in [4.69, 9.17) is 0 Å². The van der Waals surface area contributed by atoms with Crippen LogP contribution in [0.2, 0.25) is 0 Å². The third-order valence-corrected chi connectivity index (χ3v) is 2.70. The van der Waals surface area contributed by atoms with Gasteiger partial charge in [0.05, 0.1) is 4.92 Å². The minimum absolute atomic E-state index is 0.0818. The minimum atomic E-state index is -0.423. The van der Waals surface area contributed by atoms with Gasteiger partial charge in [-0.3, -0.25) is 10.1 Å². The first-order chi connectivity index (χ1) is 7.75. The number of benzene rings is 1. The summed E-state index contributed by atoms with van der Waals surface area (Å²) in [4.78, 5) is 19.0. The molecule has 0 aliphatic heterocycles. The molecule has 0 atom stereocenters. The van der Waals surface area contributed by atoms with Crippen LogP contribution in [0, 0.1) is 10.1 Å². The smallest absolute Gasteiger partial charge is 0.258 e. The monoisotopic (exact) mass is 233 g/mol. The third kappa shape index (κ3) is 2.54. The maximum atomic E-state index is 10.4. The van der Waals surface area contributed by atoms with E-state index in [1.807, 2.05) is 0 Å². The van der Waals surface area contributed by atoms with E-state index >= 15 is 0 Å². The van der Waals surface area contributed by atoms with Crippen LogP contribution in [0.25, 0.3) is 0 Å². The van der Waals surface area contributed by atoms with Crippen molar-refractivity contribution in [2.24, 2.45) is 0 Å². The molecule has 1 aromatic carbocycles. The largest absolute Gasteiger partial charge is 0.269 e. The topological polar surface area (TPSA) is 68.9 Å². The van der Waals surface area contributed by atoms with Crippen LogP contribution < -0.4 is 0 Å². The van der Waals surface area contributed by atoms with Crippen molar-refractivity contribution in [2.75, 3.05) is 0 Å². The first-order valence-corrected chi connectivity index (χ1v) is 5.27. The zero-order chi connectivity index (χ0) is 11.4. The Morgan fingerprint density at radius 1 is 1.12 bits per heavy atom.